The van der Waals surface area contributed by atoms with Crippen molar-refractivity contribution in [1.29, 1.82) is 0 Å². The molecule has 0 aliphatic heterocycles. The van der Waals surface area contributed by atoms with Gasteiger partial charge in [-0.15, -0.1) is 10.2 Å². The van der Waals surface area contributed by atoms with E-state index in [4.69, 9.17) is 11.6 Å². The third-order valence-electron chi connectivity index (χ3n) is 4.59. The van der Waals surface area contributed by atoms with Crippen LogP contribution in [-0.4, -0.2) is 28.2 Å². The van der Waals surface area contributed by atoms with Gasteiger partial charge in [-0.1, -0.05) is 77.3 Å². The van der Waals surface area contributed by atoms with E-state index in [0.717, 1.165) is 10.0 Å². The van der Waals surface area contributed by atoms with Crippen LogP contribution in [-0.2, 0) is 4.79 Å². The summed E-state index contributed by atoms with van der Waals surface area (Å²) >= 11 is 10.6. The summed E-state index contributed by atoms with van der Waals surface area (Å²) in [5.74, 6) is -0.443. The van der Waals surface area contributed by atoms with E-state index in [9.17, 15) is 9.59 Å². The lowest BCUT2D eigenvalue weighted by molar-refractivity contribution is -0.119. The Hall–Kier alpha value is -2.49. The second-order valence-corrected chi connectivity index (χ2v) is 9.21. The molecule has 0 fully saturated rings. The van der Waals surface area contributed by atoms with Crippen LogP contribution in [0.15, 0.2) is 53.0 Å². The molecule has 7 nitrogen and oxygen atoms in total. The van der Waals surface area contributed by atoms with E-state index in [1.54, 1.807) is 24.3 Å². The number of nitrogens with zero attached hydrogens (tertiary/aromatic N) is 2. The topological polar surface area (TPSA) is 96.0 Å². The number of rotatable bonds is 7. The number of carbonyl (C=O) groups is 2. The van der Waals surface area contributed by atoms with Crippen LogP contribution in [0.2, 0.25) is 5.02 Å². The first-order valence-corrected chi connectivity index (χ1v) is 11.6. The molecule has 0 spiro atoms. The fourth-order valence-electron chi connectivity index (χ4n) is 2.77. The fraction of sp³-hybridized carbons (Fsp3) is 0.238. The average Bonchev–Trinajstić information content (AvgIpc) is 3.20. The maximum Gasteiger partial charge on any atom is 0.319 e. The lowest BCUT2D eigenvalue weighted by Crippen LogP contribution is -2.49. The quantitative estimate of drug-likeness (QED) is 0.366. The van der Waals surface area contributed by atoms with Gasteiger partial charge in [-0.3, -0.25) is 10.1 Å². The summed E-state index contributed by atoms with van der Waals surface area (Å²) in [4.78, 5) is 25.4. The van der Waals surface area contributed by atoms with E-state index in [2.05, 4.69) is 42.1 Å². The highest BCUT2D eigenvalue weighted by atomic mass is 79.9. The van der Waals surface area contributed by atoms with Gasteiger partial charge in [0.25, 0.3) is 0 Å². The number of halogens is 2. The van der Waals surface area contributed by atoms with Crippen molar-refractivity contribution in [2.75, 3.05) is 10.6 Å². The highest BCUT2D eigenvalue weighted by Gasteiger charge is 2.27. The van der Waals surface area contributed by atoms with Gasteiger partial charge in [0.1, 0.15) is 11.0 Å². The summed E-state index contributed by atoms with van der Waals surface area (Å²) in [5.41, 5.74) is 1.43. The molecule has 0 saturated heterocycles. The Bertz CT molecular complexity index is 1080. The van der Waals surface area contributed by atoms with Crippen LogP contribution in [0.1, 0.15) is 20.3 Å². The molecule has 1 heterocycles. The highest BCUT2D eigenvalue weighted by Crippen LogP contribution is 2.28. The van der Waals surface area contributed by atoms with Gasteiger partial charge < -0.3 is 10.6 Å². The molecule has 2 unspecified atom stereocenters. The Morgan fingerprint density at radius 2 is 1.90 bits per heavy atom. The van der Waals surface area contributed by atoms with Gasteiger partial charge in [0.2, 0.25) is 11.0 Å². The molecule has 10 heteroatoms. The molecule has 1 aromatic heterocycles. The minimum absolute atomic E-state index is 0.0893. The zero-order valence-corrected chi connectivity index (χ0v) is 20.0. The van der Waals surface area contributed by atoms with Crippen molar-refractivity contribution < 1.29 is 9.59 Å². The number of aromatic nitrogens is 2. The lowest BCUT2D eigenvalue weighted by atomic mass is 9.98. The van der Waals surface area contributed by atoms with Crippen LogP contribution >= 0.6 is 38.9 Å². The minimum atomic E-state index is -0.740. The molecule has 0 saturated carbocycles. The van der Waals surface area contributed by atoms with Gasteiger partial charge in [0.05, 0.1) is 0 Å². The molecule has 31 heavy (non-hydrogen) atoms. The first-order valence-electron chi connectivity index (χ1n) is 9.59. The summed E-state index contributed by atoms with van der Waals surface area (Å²) < 4.78 is 0.841. The molecule has 3 aromatic rings. The van der Waals surface area contributed by atoms with Crippen molar-refractivity contribution in [3.63, 3.8) is 0 Å². The SMILES string of the molecule is CCC(C)C(NC(=O)Nc1cccc(Br)c1)C(=O)Nc1nnc(-c2cccc(Cl)c2)s1. The van der Waals surface area contributed by atoms with Gasteiger partial charge in [-0.05, 0) is 36.2 Å². The minimum Gasteiger partial charge on any atom is -0.326 e. The largest absolute Gasteiger partial charge is 0.326 e. The number of anilines is 2. The van der Waals surface area contributed by atoms with Crippen LogP contribution < -0.4 is 16.0 Å². The first kappa shape index (κ1) is 23.2. The molecule has 3 rings (SSSR count). The Morgan fingerprint density at radius 3 is 2.61 bits per heavy atom. The molecular formula is C21H21BrClN5O2S. The molecule has 2 aromatic carbocycles. The predicted octanol–water partition coefficient (Wildman–Crippen LogP) is 5.80. The maximum atomic E-state index is 12.9. The molecule has 162 valence electrons. The van der Waals surface area contributed by atoms with Crippen molar-refractivity contribution >= 4 is 61.6 Å². The van der Waals surface area contributed by atoms with Gasteiger partial charge in [0.15, 0.2) is 0 Å². The molecule has 0 radical (unpaired) electrons. The van der Waals surface area contributed by atoms with Crippen LogP contribution in [0.25, 0.3) is 10.6 Å². The van der Waals surface area contributed by atoms with Crippen molar-refractivity contribution in [3.05, 3.63) is 58.0 Å². The zero-order valence-electron chi connectivity index (χ0n) is 16.9. The number of amides is 3. The summed E-state index contributed by atoms with van der Waals surface area (Å²) in [6.45, 7) is 3.86. The molecule has 0 bridgehead atoms. The van der Waals surface area contributed by atoms with Gasteiger partial charge in [-0.25, -0.2) is 4.79 Å². The second kappa shape index (κ2) is 10.7. The summed E-state index contributed by atoms with van der Waals surface area (Å²) in [6.07, 6.45) is 0.707. The smallest absolute Gasteiger partial charge is 0.319 e. The Morgan fingerprint density at radius 1 is 1.13 bits per heavy atom. The second-order valence-electron chi connectivity index (χ2n) is 6.88. The summed E-state index contributed by atoms with van der Waals surface area (Å²) in [7, 11) is 0. The molecule has 3 amide bonds. The highest BCUT2D eigenvalue weighted by molar-refractivity contribution is 9.10. The Balaban J connectivity index is 1.68. The van der Waals surface area contributed by atoms with E-state index >= 15 is 0 Å². The predicted molar refractivity (Wildman–Crippen MR) is 129 cm³/mol. The molecular weight excluding hydrogens is 502 g/mol. The number of hydrogen-bond acceptors (Lipinski definition) is 5. The monoisotopic (exact) mass is 521 g/mol. The van der Waals surface area contributed by atoms with Crippen LogP contribution in [0, 0.1) is 5.92 Å². The molecule has 2 atom stereocenters. The number of benzene rings is 2. The van der Waals surface area contributed by atoms with Crippen molar-refractivity contribution in [2.24, 2.45) is 5.92 Å². The Labute approximate surface area is 197 Å². The number of nitrogens with one attached hydrogen (secondary N) is 3. The van der Waals surface area contributed by atoms with E-state index in [-0.39, 0.29) is 11.8 Å². The lowest BCUT2D eigenvalue weighted by Gasteiger charge is -2.23. The third-order valence-corrected chi connectivity index (χ3v) is 6.21. The number of urea groups is 1. The third kappa shape index (κ3) is 6.49. The van der Waals surface area contributed by atoms with Crippen molar-refractivity contribution in [3.8, 4) is 10.6 Å². The van der Waals surface area contributed by atoms with Crippen LogP contribution in [0.3, 0.4) is 0 Å². The number of hydrogen-bond donors (Lipinski definition) is 3. The van der Waals surface area contributed by atoms with E-state index in [1.165, 1.54) is 11.3 Å². The van der Waals surface area contributed by atoms with E-state index in [1.807, 2.05) is 38.1 Å². The zero-order chi connectivity index (χ0) is 22.4. The van der Waals surface area contributed by atoms with Crippen LogP contribution in [0.4, 0.5) is 15.6 Å². The van der Waals surface area contributed by atoms with E-state index < -0.39 is 12.1 Å². The van der Waals surface area contributed by atoms with Crippen LogP contribution in [0.5, 0.6) is 0 Å². The fourth-order valence-corrected chi connectivity index (χ4v) is 4.10. The van der Waals surface area contributed by atoms with Gasteiger partial charge >= 0.3 is 6.03 Å². The van der Waals surface area contributed by atoms with Gasteiger partial charge in [0, 0.05) is 20.7 Å². The maximum absolute atomic E-state index is 12.9. The standard InChI is InChI=1S/C21H21BrClN5O2S/c1-3-12(2)17(25-20(30)24-16-9-5-7-14(22)11-16)18(29)26-21-28-27-19(31-21)13-6-4-8-15(23)10-13/h4-12,17H,3H2,1-2H3,(H2,24,25,30)(H,26,28,29). The molecule has 3 N–H and O–H groups in total. The van der Waals surface area contributed by atoms with Crippen molar-refractivity contribution in [1.82, 2.24) is 15.5 Å². The summed E-state index contributed by atoms with van der Waals surface area (Å²) in [6, 6.07) is 13.3. The van der Waals surface area contributed by atoms with E-state index in [0.29, 0.717) is 27.3 Å². The first-order chi connectivity index (χ1) is 14.9. The summed E-state index contributed by atoms with van der Waals surface area (Å²) in [5, 5.41) is 18.0. The normalized spacial score (nSPS) is 12.6. The Kier molecular flexibility index (Phi) is 8.00. The molecule has 0 aliphatic carbocycles. The molecule has 0 aliphatic rings. The number of carbonyl (C=O) groups excluding carboxylic acids is 2. The average molecular weight is 523 g/mol. The van der Waals surface area contributed by atoms with Crippen molar-refractivity contribution in [2.45, 2.75) is 26.3 Å². The van der Waals surface area contributed by atoms with Gasteiger partial charge in [-0.2, -0.15) is 0 Å².